The molecule has 1 aliphatic rings. The summed E-state index contributed by atoms with van der Waals surface area (Å²) in [6.45, 7) is 0. The molecule has 3 aromatic heterocycles. The first-order chi connectivity index (χ1) is 17.1. The van der Waals surface area contributed by atoms with E-state index in [1.807, 2.05) is 6.07 Å². The van der Waals surface area contributed by atoms with Gasteiger partial charge < -0.3 is 15.2 Å². The molecule has 0 spiro atoms. The standard InChI is InChI=1S/C25H28F2N6O3/c1-32-18(4-3-5-21(32)34)14-16-8-12-28-20(15-16)30-24(36)22(17-6-10-25(26,27)11-7-17)31-23(35)19-9-13-29-33(19)2/h3-5,8-9,12-13,15,17,22H,6-7,10-11,14H2,1-2H3,(H,31,35)(H,28,30,36). The highest BCUT2D eigenvalue weighted by atomic mass is 19.3. The SMILES string of the molecule is Cn1nccc1C(=O)NC(C(=O)Nc1cc(Cc2cccc(=O)n2C)ccn1)C1CCC(F)(F)CC1. The van der Waals surface area contributed by atoms with Gasteiger partial charge in [-0.25, -0.2) is 13.8 Å². The largest absolute Gasteiger partial charge is 0.339 e. The lowest BCUT2D eigenvalue weighted by atomic mass is 9.81. The summed E-state index contributed by atoms with van der Waals surface area (Å²) >= 11 is 0. The van der Waals surface area contributed by atoms with Crippen molar-refractivity contribution in [1.29, 1.82) is 0 Å². The van der Waals surface area contributed by atoms with Crippen LogP contribution in [-0.4, -0.2) is 43.1 Å². The van der Waals surface area contributed by atoms with Crippen LogP contribution in [0.5, 0.6) is 0 Å². The Balaban J connectivity index is 1.52. The molecule has 1 fully saturated rings. The second-order valence-corrected chi connectivity index (χ2v) is 9.11. The Labute approximate surface area is 206 Å². The number of carbonyl (C=O) groups excluding carboxylic acids is 2. The molecule has 2 amide bonds. The molecule has 1 unspecified atom stereocenters. The highest BCUT2D eigenvalue weighted by Gasteiger charge is 2.40. The number of hydrogen-bond acceptors (Lipinski definition) is 5. The zero-order chi connectivity index (χ0) is 25.9. The lowest BCUT2D eigenvalue weighted by Crippen LogP contribution is -2.50. The van der Waals surface area contributed by atoms with Crippen molar-refractivity contribution in [3.8, 4) is 0 Å². The van der Waals surface area contributed by atoms with Gasteiger partial charge in [0.05, 0.1) is 0 Å². The fourth-order valence-electron chi connectivity index (χ4n) is 4.45. The molecule has 0 bridgehead atoms. The fraction of sp³-hybridized carbons (Fsp3) is 0.400. The molecule has 36 heavy (non-hydrogen) atoms. The van der Waals surface area contributed by atoms with Crippen molar-refractivity contribution in [3.63, 3.8) is 0 Å². The molecule has 11 heteroatoms. The molecule has 1 aliphatic carbocycles. The first kappa shape index (κ1) is 25.2. The van der Waals surface area contributed by atoms with Crippen LogP contribution in [0, 0.1) is 5.92 Å². The number of hydrogen-bond donors (Lipinski definition) is 2. The second kappa shape index (κ2) is 10.4. The minimum atomic E-state index is -2.77. The van der Waals surface area contributed by atoms with Gasteiger partial charge in [-0.1, -0.05) is 6.07 Å². The van der Waals surface area contributed by atoms with Gasteiger partial charge in [0.15, 0.2) is 0 Å². The first-order valence-corrected chi connectivity index (χ1v) is 11.7. The zero-order valence-corrected chi connectivity index (χ0v) is 20.1. The van der Waals surface area contributed by atoms with E-state index in [1.165, 1.54) is 29.2 Å². The van der Waals surface area contributed by atoms with Crippen LogP contribution in [0.15, 0.2) is 53.6 Å². The molecule has 4 rings (SSSR count). The van der Waals surface area contributed by atoms with E-state index in [-0.39, 0.29) is 42.8 Å². The summed E-state index contributed by atoms with van der Waals surface area (Å²) in [5.41, 5.74) is 1.73. The molecule has 0 saturated heterocycles. The average molecular weight is 499 g/mol. The number of nitrogens with zero attached hydrogens (tertiary/aromatic N) is 4. The van der Waals surface area contributed by atoms with Crippen LogP contribution >= 0.6 is 0 Å². The van der Waals surface area contributed by atoms with Gasteiger partial charge >= 0.3 is 0 Å². The van der Waals surface area contributed by atoms with E-state index in [1.54, 1.807) is 36.9 Å². The normalized spacial score (nSPS) is 16.3. The predicted octanol–water partition coefficient (Wildman–Crippen LogP) is 2.67. The quantitative estimate of drug-likeness (QED) is 0.520. The summed E-state index contributed by atoms with van der Waals surface area (Å²) in [7, 11) is 3.29. The monoisotopic (exact) mass is 498 g/mol. The number of carbonyl (C=O) groups is 2. The van der Waals surface area contributed by atoms with Crippen LogP contribution < -0.4 is 16.2 Å². The average Bonchev–Trinajstić information content (AvgIpc) is 3.27. The maximum Gasteiger partial charge on any atom is 0.270 e. The van der Waals surface area contributed by atoms with Crippen LogP contribution in [-0.2, 0) is 25.3 Å². The smallest absolute Gasteiger partial charge is 0.270 e. The second-order valence-electron chi connectivity index (χ2n) is 9.11. The summed E-state index contributed by atoms with van der Waals surface area (Å²) in [4.78, 5) is 42.3. The predicted molar refractivity (Wildman–Crippen MR) is 129 cm³/mol. The third-order valence-corrected chi connectivity index (χ3v) is 6.61. The Kier molecular flexibility index (Phi) is 7.27. The van der Waals surface area contributed by atoms with E-state index in [0.717, 1.165) is 11.3 Å². The molecular weight excluding hydrogens is 470 g/mol. The first-order valence-electron chi connectivity index (χ1n) is 11.7. The molecular formula is C25H28F2N6O3. The number of alkyl halides is 2. The number of anilines is 1. The topological polar surface area (TPSA) is 111 Å². The number of aryl methyl sites for hydroxylation is 1. The summed E-state index contributed by atoms with van der Waals surface area (Å²) < 4.78 is 30.5. The van der Waals surface area contributed by atoms with Gasteiger partial charge in [0.2, 0.25) is 17.4 Å². The van der Waals surface area contributed by atoms with E-state index in [0.29, 0.717) is 6.42 Å². The van der Waals surface area contributed by atoms with Gasteiger partial charge in [0.25, 0.3) is 5.91 Å². The molecule has 3 aromatic rings. The van der Waals surface area contributed by atoms with Crippen LogP contribution in [0.3, 0.4) is 0 Å². The van der Waals surface area contributed by atoms with Gasteiger partial charge in [0, 0.05) is 57.5 Å². The molecule has 3 heterocycles. The number of rotatable bonds is 7. The van der Waals surface area contributed by atoms with Crippen LogP contribution in [0.1, 0.15) is 47.4 Å². The van der Waals surface area contributed by atoms with Crippen molar-refractivity contribution in [2.45, 2.75) is 44.1 Å². The zero-order valence-electron chi connectivity index (χ0n) is 20.1. The minimum Gasteiger partial charge on any atom is -0.339 e. The third-order valence-electron chi connectivity index (χ3n) is 6.61. The van der Waals surface area contributed by atoms with Crippen molar-refractivity contribution < 1.29 is 18.4 Å². The minimum absolute atomic E-state index is 0.103. The van der Waals surface area contributed by atoms with E-state index < -0.39 is 29.7 Å². The Bertz CT molecular complexity index is 1310. The van der Waals surface area contributed by atoms with E-state index in [9.17, 15) is 23.2 Å². The lowest BCUT2D eigenvalue weighted by molar-refractivity contribution is -0.121. The van der Waals surface area contributed by atoms with E-state index >= 15 is 0 Å². The van der Waals surface area contributed by atoms with E-state index in [2.05, 4.69) is 20.7 Å². The van der Waals surface area contributed by atoms with Gasteiger partial charge in [-0.15, -0.1) is 0 Å². The van der Waals surface area contributed by atoms with Crippen LogP contribution in [0.4, 0.5) is 14.6 Å². The van der Waals surface area contributed by atoms with Crippen molar-refractivity contribution in [3.05, 3.63) is 76.1 Å². The Hall–Kier alpha value is -3.89. The molecule has 0 aliphatic heterocycles. The van der Waals surface area contributed by atoms with Crippen molar-refractivity contribution >= 4 is 17.6 Å². The number of halogens is 2. The summed E-state index contributed by atoms with van der Waals surface area (Å²) in [5, 5.41) is 9.43. The molecule has 9 nitrogen and oxygen atoms in total. The maximum absolute atomic E-state index is 13.8. The Morgan fingerprint density at radius 1 is 1.14 bits per heavy atom. The van der Waals surface area contributed by atoms with Gasteiger partial charge in [-0.3, -0.25) is 19.1 Å². The van der Waals surface area contributed by atoms with Gasteiger partial charge in [-0.2, -0.15) is 5.10 Å². The summed E-state index contributed by atoms with van der Waals surface area (Å²) in [6, 6.07) is 8.95. The molecule has 2 N–H and O–H groups in total. The van der Waals surface area contributed by atoms with Crippen LogP contribution in [0.2, 0.25) is 0 Å². The maximum atomic E-state index is 13.8. The summed E-state index contributed by atoms with van der Waals surface area (Å²) in [5.74, 6) is -4.00. The fourth-order valence-corrected chi connectivity index (χ4v) is 4.45. The molecule has 190 valence electrons. The molecule has 1 saturated carbocycles. The number of pyridine rings is 2. The van der Waals surface area contributed by atoms with Crippen molar-refractivity contribution in [1.82, 2.24) is 24.6 Å². The Morgan fingerprint density at radius 2 is 1.89 bits per heavy atom. The lowest BCUT2D eigenvalue weighted by Gasteiger charge is -2.33. The van der Waals surface area contributed by atoms with Crippen LogP contribution in [0.25, 0.3) is 0 Å². The van der Waals surface area contributed by atoms with Gasteiger partial charge in [-0.05, 0) is 48.6 Å². The third kappa shape index (κ3) is 5.84. The summed E-state index contributed by atoms with van der Waals surface area (Å²) in [6.07, 6.45) is 2.97. The van der Waals surface area contributed by atoms with E-state index in [4.69, 9.17) is 0 Å². The Morgan fingerprint density at radius 3 is 2.58 bits per heavy atom. The number of nitrogens with one attached hydrogen (secondary N) is 2. The van der Waals surface area contributed by atoms with Gasteiger partial charge in [0.1, 0.15) is 17.6 Å². The molecule has 0 radical (unpaired) electrons. The highest BCUT2D eigenvalue weighted by molar-refractivity contribution is 6.00. The molecule has 1 atom stereocenters. The van der Waals surface area contributed by atoms with Crippen molar-refractivity contribution in [2.75, 3.05) is 5.32 Å². The number of aromatic nitrogens is 4. The van der Waals surface area contributed by atoms with Crippen molar-refractivity contribution in [2.24, 2.45) is 20.0 Å². The number of amides is 2. The molecule has 0 aromatic carbocycles. The highest BCUT2D eigenvalue weighted by Crippen LogP contribution is 2.37.